The second-order valence-electron chi connectivity index (χ2n) is 2.49. The fourth-order valence-electron chi connectivity index (χ4n) is 0.972. The van der Waals surface area contributed by atoms with Crippen molar-refractivity contribution in [1.29, 1.82) is 5.26 Å². The van der Waals surface area contributed by atoms with E-state index in [4.69, 9.17) is 11.0 Å². The zero-order chi connectivity index (χ0) is 10.7. The van der Waals surface area contributed by atoms with E-state index in [0.29, 0.717) is 5.69 Å². The molecule has 0 bridgehead atoms. The normalized spacial score (nSPS) is 10.3. The van der Waals surface area contributed by atoms with E-state index < -0.39 is 6.43 Å². The quantitative estimate of drug-likeness (QED) is 0.671. The van der Waals surface area contributed by atoms with E-state index >= 15 is 0 Å². The number of nitriles is 1. The van der Waals surface area contributed by atoms with Gasteiger partial charge in [0.25, 0.3) is 6.43 Å². The topological polar surface area (TPSA) is 62.7 Å². The Hall–Kier alpha value is -0.810. The van der Waals surface area contributed by atoms with Gasteiger partial charge in [0.1, 0.15) is 9.77 Å². The highest BCUT2D eigenvalue weighted by molar-refractivity contribution is 14.1. The predicted molar refractivity (Wildman–Crippen MR) is 54.5 cm³/mol. The summed E-state index contributed by atoms with van der Waals surface area (Å²) in [5.41, 5.74) is 5.28. The van der Waals surface area contributed by atoms with Gasteiger partial charge < -0.3 is 5.73 Å². The van der Waals surface area contributed by atoms with Gasteiger partial charge in [-0.2, -0.15) is 5.26 Å². The first-order valence-electron chi connectivity index (χ1n) is 3.67. The van der Waals surface area contributed by atoms with Crippen molar-refractivity contribution in [2.75, 3.05) is 0 Å². The largest absolute Gasteiger partial charge is 0.325 e. The van der Waals surface area contributed by atoms with Gasteiger partial charge in [-0.15, -0.1) is 0 Å². The minimum Gasteiger partial charge on any atom is -0.325 e. The first kappa shape index (κ1) is 11.3. The fourth-order valence-corrected chi connectivity index (χ4v) is 1.71. The van der Waals surface area contributed by atoms with Gasteiger partial charge >= 0.3 is 0 Å². The molecule has 0 fully saturated rings. The summed E-state index contributed by atoms with van der Waals surface area (Å²) >= 11 is 1.75. The highest BCUT2D eigenvalue weighted by Crippen LogP contribution is 2.25. The number of rotatable bonds is 2. The van der Waals surface area contributed by atoms with E-state index in [0.717, 1.165) is 0 Å². The lowest BCUT2D eigenvalue weighted by Crippen LogP contribution is -2.05. The zero-order valence-corrected chi connectivity index (χ0v) is 9.12. The summed E-state index contributed by atoms with van der Waals surface area (Å²) in [6.07, 6.45) is -2.67. The van der Waals surface area contributed by atoms with Crippen molar-refractivity contribution < 1.29 is 8.78 Å². The van der Waals surface area contributed by atoms with Crippen LogP contribution in [0.15, 0.2) is 6.07 Å². The Morgan fingerprint density at radius 1 is 1.64 bits per heavy atom. The van der Waals surface area contributed by atoms with Gasteiger partial charge in [0.2, 0.25) is 0 Å². The molecule has 2 N–H and O–H groups in total. The molecule has 0 atom stereocenters. The van der Waals surface area contributed by atoms with Gasteiger partial charge in [-0.1, -0.05) is 0 Å². The Labute approximate surface area is 93.1 Å². The van der Waals surface area contributed by atoms with Crippen molar-refractivity contribution in [3.8, 4) is 6.07 Å². The van der Waals surface area contributed by atoms with Crippen molar-refractivity contribution in [3.05, 3.63) is 26.6 Å². The van der Waals surface area contributed by atoms with Gasteiger partial charge in [0.05, 0.1) is 11.3 Å². The highest BCUT2D eigenvalue weighted by Gasteiger charge is 2.17. The van der Waals surface area contributed by atoms with Gasteiger partial charge in [-0.3, -0.25) is 0 Å². The second-order valence-corrected chi connectivity index (χ2v) is 3.51. The lowest BCUT2D eigenvalue weighted by atomic mass is 10.1. The monoisotopic (exact) mass is 309 g/mol. The average Bonchev–Trinajstić information content (AvgIpc) is 2.16. The lowest BCUT2D eigenvalue weighted by molar-refractivity contribution is 0.150. The molecule has 1 rings (SSSR count). The molecule has 0 saturated carbocycles. The summed E-state index contributed by atoms with van der Waals surface area (Å²) < 4.78 is 25.2. The van der Waals surface area contributed by atoms with Crippen molar-refractivity contribution in [2.24, 2.45) is 5.73 Å². The molecule has 0 aliphatic carbocycles. The molecule has 0 aliphatic heterocycles. The second kappa shape index (κ2) is 4.61. The molecule has 3 nitrogen and oxygen atoms in total. The molecular weight excluding hydrogens is 303 g/mol. The minimum atomic E-state index is -2.67. The van der Waals surface area contributed by atoms with Crippen LogP contribution in [0, 0.1) is 15.0 Å². The number of halogens is 3. The molecule has 1 aromatic rings. The van der Waals surface area contributed by atoms with Crippen LogP contribution in [0.3, 0.4) is 0 Å². The van der Waals surface area contributed by atoms with Crippen molar-refractivity contribution >= 4 is 22.6 Å². The third-order valence-electron chi connectivity index (χ3n) is 1.61. The Balaban J connectivity index is 3.37. The number of aromatic nitrogens is 1. The molecule has 1 heterocycles. The van der Waals surface area contributed by atoms with Crippen LogP contribution in [-0.4, -0.2) is 4.98 Å². The summed E-state index contributed by atoms with van der Waals surface area (Å²) in [5, 5.41) is 8.65. The van der Waals surface area contributed by atoms with Gasteiger partial charge in [-0.05, 0) is 28.7 Å². The molecule has 0 saturated heterocycles. The van der Waals surface area contributed by atoms with Gasteiger partial charge in [0.15, 0.2) is 0 Å². The number of hydrogen-bond acceptors (Lipinski definition) is 3. The summed E-state index contributed by atoms with van der Waals surface area (Å²) in [4.78, 5) is 3.91. The van der Waals surface area contributed by atoms with E-state index in [1.54, 1.807) is 28.7 Å². The van der Waals surface area contributed by atoms with Crippen LogP contribution in [0.2, 0.25) is 0 Å². The molecule has 74 valence electrons. The summed E-state index contributed by atoms with van der Waals surface area (Å²) in [6, 6.07) is 2.88. The van der Waals surface area contributed by atoms with Crippen LogP contribution < -0.4 is 5.73 Å². The molecule has 0 spiro atoms. The molecule has 0 amide bonds. The Bertz CT molecular complexity index is 387. The standard InChI is InChI=1S/C8H6F2IN3/c9-7(10)5-1-4(2-12)14-8(11)6(5)3-13/h1,7H,2,12H2. The van der Waals surface area contributed by atoms with Crippen LogP contribution in [-0.2, 0) is 6.54 Å². The molecule has 6 heteroatoms. The van der Waals surface area contributed by atoms with Gasteiger partial charge in [-0.25, -0.2) is 13.8 Å². The number of hydrogen-bond donors (Lipinski definition) is 1. The first-order valence-corrected chi connectivity index (χ1v) is 4.75. The maximum Gasteiger partial charge on any atom is 0.265 e. The smallest absolute Gasteiger partial charge is 0.265 e. The minimum absolute atomic E-state index is 0.0715. The Morgan fingerprint density at radius 2 is 2.29 bits per heavy atom. The molecular formula is C8H6F2IN3. The predicted octanol–water partition coefficient (Wildman–Crippen LogP) is 1.95. The van der Waals surface area contributed by atoms with E-state index in [1.807, 2.05) is 0 Å². The van der Waals surface area contributed by atoms with E-state index in [1.165, 1.54) is 6.07 Å². The van der Waals surface area contributed by atoms with E-state index in [-0.39, 0.29) is 21.4 Å². The van der Waals surface area contributed by atoms with Crippen LogP contribution in [0.1, 0.15) is 23.2 Å². The zero-order valence-electron chi connectivity index (χ0n) is 6.97. The number of pyridine rings is 1. The van der Waals surface area contributed by atoms with Crippen LogP contribution in [0.25, 0.3) is 0 Å². The Morgan fingerprint density at radius 3 is 2.71 bits per heavy atom. The maximum atomic E-state index is 12.5. The molecule has 0 aromatic carbocycles. The SMILES string of the molecule is N#Cc1c(C(F)F)cc(CN)nc1I. The average molecular weight is 309 g/mol. The first-order chi connectivity index (χ1) is 6.60. The third-order valence-corrected chi connectivity index (χ3v) is 2.40. The number of alkyl halides is 2. The summed E-state index contributed by atoms with van der Waals surface area (Å²) in [7, 11) is 0. The molecule has 0 unspecified atom stereocenters. The Kier molecular flexibility index (Phi) is 3.71. The number of nitrogens with zero attached hydrogens (tertiary/aromatic N) is 2. The van der Waals surface area contributed by atoms with Crippen molar-refractivity contribution in [3.63, 3.8) is 0 Å². The molecule has 14 heavy (non-hydrogen) atoms. The highest BCUT2D eigenvalue weighted by atomic mass is 127. The summed E-state index contributed by atoms with van der Waals surface area (Å²) in [5.74, 6) is 0. The van der Waals surface area contributed by atoms with Crippen LogP contribution in [0.4, 0.5) is 8.78 Å². The van der Waals surface area contributed by atoms with E-state index in [9.17, 15) is 8.78 Å². The lowest BCUT2D eigenvalue weighted by Gasteiger charge is -2.06. The summed E-state index contributed by atoms with van der Waals surface area (Å²) in [6.45, 7) is 0.0848. The third kappa shape index (κ3) is 2.16. The van der Waals surface area contributed by atoms with E-state index in [2.05, 4.69) is 4.98 Å². The molecule has 0 radical (unpaired) electrons. The number of nitrogens with two attached hydrogens (primary N) is 1. The van der Waals surface area contributed by atoms with Crippen LogP contribution in [0.5, 0.6) is 0 Å². The maximum absolute atomic E-state index is 12.5. The molecule has 1 aromatic heterocycles. The van der Waals surface area contributed by atoms with Gasteiger partial charge in [0, 0.05) is 12.1 Å². The van der Waals surface area contributed by atoms with Crippen molar-refractivity contribution in [2.45, 2.75) is 13.0 Å². The van der Waals surface area contributed by atoms with Crippen molar-refractivity contribution in [1.82, 2.24) is 4.98 Å². The van der Waals surface area contributed by atoms with Crippen LogP contribution >= 0.6 is 22.6 Å². The fraction of sp³-hybridized carbons (Fsp3) is 0.250. The molecule has 0 aliphatic rings.